The molecular weight excluding hydrogens is 406 g/mol. The normalized spacial score (nSPS) is 15.0. The maximum absolute atomic E-state index is 6.11. The van der Waals surface area contributed by atoms with Gasteiger partial charge in [-0.05, 0) is 19.9 Å². The van der Waals surface area contributed by atoms with Crippen LogP contribution >= 0.6 is 0 Å². The highest BCUT2D eigenvalue weighted by atomic mass is 16.5. The molecule has 10 heteroatoms. The van der Waals surface area contributed by atoms with Crippen molar-refractivity contribution in [2.45, 2.75) is 19.8 Å². The number of fused-ring (bicyclic) bond motifs is 1. The van der Waals surface area contributed by atoms with E-state index < -0.39 is 0 Å². The zero-order valence-electron chi connectivity index (χ0n) is 18.4. The summed E-state index contributed by atoms with van der Waals surface area (Å²) >= 11 is 0. The van der Waals surface area contributed by atoms with Gasteiger partial charge in [-0.1, -0.05) is 35.0 Å². The number of aromatic nitrogens is 6. The number of nitrogens with zero attached hydrogens (tertiary/aromatic N) is 8. The first-order chi connectivity index (χ1) is 15.6. The highest BCUT2D eigenvalue weighted by Crippen LogP contribution is 2.21. The summed E-state index contributed by atoms with van der Waals surface area (Å²) in [5.41, 5.74) is 9.07. The van der Waals surface area contributed by atoms with Crippen molar-refractivity contribution in [3.8, 4) is 11.4 Å². The molecule has 1 saturated heterocycles. The Bertz CT molecular complexity index is 1210. The molecule has 166 valence electrons. The van der Waals surface area contributed by atoms with E-state index in [2.05, 4.69) is 54.1 Å². The first-order valence-electron chi connectivity index (χ1n) is 10.9. The molecular formula is C22H27N9O. The van der Waals surface area contributed by atoms with Gasteiger partial charge in [0.25, 0.3) is 0 Å². The fourth-order valence-electron chi connectivity index (χ4n) is 3.98. The number of rotatable bonds is 6. The lowest BCUT2D eigenvalue weighted by atomic mass is 10.1. The molecule has 4 aromatic rings. The fourth-order valence-corrected chi connectivity index (χ4v) is 3.98. The van der Waals surface area contributed by atoms with Crippen LogP contribution in [0.5, 0.6) is 0 Å². The van der Waals surface area contributed by atoms with Gasteiger partial charge in [-0.15, -0.1) is 0 Å². The van der Waals surface area contributed by atoms with Crippen LogP contribution in [0.4, 0.5) is 11.8 Å². The highest BCUT2D eigenvalue weighted by molar-refractivity contribution is 5.86. The Morgan fingerprint density at radius 3 is 2.59 bits per heavy atom. The zero-order chi connectivity index (χ0) is 22.1. The molecule has 0 radical (unpaired) electrons. The smallest absolute Gasteiger partial charge is 0.229 e. The van der Waals surface area contributed by atoms with E-state index in [9.17, 15) is 0 Å². The van der Waals surface area contributed by atoms with Crippen molar-refractivity contribution in [2.75, 3.05) is 43.4 Å². The van der Waals surface area contributed by atoms with Crippen molar-refractivity contribution in [2.24, 2.45) is 7.05 Å². The van der Waals surface area contributed by atoms with Crippen LogP contribution in [-0.4, -0.2) is 67.5 Å². The van der Waals surface area contributed by atoms with Gasteiger partial charge in [0, 0.05) is 45.2 Å². The van der Waals surface area contributed by atoms with Crippen LogP contribution in [-0.2, 0) is 13.5 Å². The fraction of sp³-hybridized carbons (Fsp3) is 0.409. The highest BCUT2D eigenvalue weighted by Gasteiger charge is 2.21. The summed E-state index contributed by atoms with van der Waals surface area (Å²) in [5, 5.41) is 9.14. The lowest BCUT2D eigenvalue weighted by molar-refractivity contribution is 0.250. The van der Waals surface area contributed by atoms with Crippen LogP contribution < -0.4 is 10.6 Å². The molecule has 32 heavy (non-hydrogen) atoms. The van der Waals surface area contributed by atoms with E-state index in [0.29, 0.717) is 23.5 Å². The van der Waals surface area contributed by atoms with Gasteiger partial charge in [0.1, 0.15) is 5.82 Å². The molecule has 1 aliphatic heterocycles. The molecule has 4 heterocycles. The van der Waals surface area contributed by atoms with E-state index in [1.54, 1.807) is 10.9 Å². The number of piperazine rings is 1. The third-order valence-corrected chi connectivity index (χ3v) is 5.91. The van der Waals surface area contributed by atoms with Gasteiger partial charge in [0.2, 0.25) is 17.7 Å². The molecule has 0 atom stereocenters. The van der Waals surface area contributed by atoms with Crippen molar-refractivity contribution in [1.29, 1.82) is 0 Å². The van der Waals surface area contributed by atoms with Gasteiger partial charge in [0.15, 0.2) is 5.65 Å². The SMILES string of the molecule is Cc1ccc(-c2noc(CCCN3CCN(c4nc(N)c5cnn(C)c5n4)CC3)n2)cc1. The van der Waals surface area contributed by atoms with Crippen molar-refractivity contribution in [1.82, 2.24) is 34.8 Å². The van der Waals surface area contributed by atoms with Crippen LogP contribution in [0, 0.1) is 6.92 Å². The monoisotopic (exact) mass is 433 g/mol. The second kappa shape index (κ2) is 8.54. The average molecular weight is 434 g/mol. The molecule has 0 bridgehead atoms. The van der Waals surface area contributed by atoms with Gasteiger partial charge in [-0.2, -0.15) is 20.1 Å². The van der Waals surface area contributed by atoms with Crippen LogP contribution in [0.2, 0.25) is 0 Å². The number of hydrogen-bond acceptors (Lipinski definition) is 9. The third kappa shape index (κ3) is 4.13. The Kier molecular flexibility index (Phi) is 5.44. The summed E-state index contributed by atoms with van der Waals surface area (Å²) < 4.78 is 7.17. The molecule has 3 aromatic heterocycles. The van der Waals surface area contributed by atoms with E-state index in [1.807, 2.05) is 19.2 Å². The predicted octanol–water partition coefficient (Wildman–Crippen LogP) is 2.06. The van der Waals surface area contributed by atoms with E-state index in [4.69, 9.17) is 10.3 Å². The number of anilines is 2. The summed E-state index contributed by atoms with van der Waals surface area (Å²) in [6.45, 7) is 6.67. The molecule has 0 amide bonds. The van der Waals surface area contributed by atoms with Crippen molar-refractivity contribution in [3.63, 3.8) is 0 Å². The molecule has 1 aromatic carbocycles. The average Bonchev–Trinajstić information content (AvgIpc) is 3.42. The maximum Gasteiger partial charge on any atom is 0.229 e. The maximum atomic E-state index is 6.11. The minimum atomic E-state index is 0.477. The van der Waals surface area contributed by atoms with Crippen molar-refractivity contribution >= 4 is 22.8 Å². The Balaban J connectivity index is 1.12. The van der Waals surface area contributed by atoms with Gasteiger partial charge in [-0.3, -0.25) is 9.58 Å². The van der Waals surface area contributed by atoms with Gasteiger partial charge >= 0.3 is 0 Å². The van der Waals surface area contributed by atoms with E-state index >= 15 is 0 Å². The topological polar surface area (TPSA) is 115 Å². The summed E-state index contributed by atoms with van der Waals surface area (Å²) in [7, 11) is 1.86. The van der Waals surface area contributed by atoms with Crippen LogP contribution in [0.1, 0.15) is 17.9 Å². The van der Waals surface area contributed by atoms with Crippen molar-refractivity contribution in [3.05, 3.63) is 41.9 Å². The Morgan fingerprint density at radius 2 is 1.81 bits per heavy atom. The molecule has 0 unspecified atom stereocenters. The molecule has 5 rings (SSSR count). The van der Waals surface area contributed by atoms with Crippen LogP contribution in [0.3, 0.4) is 0 Å². The summed E-state index contributed by atoms with van der Waals surface area (Å²) in [4.78, 5) is 18.3. The second-order valence-corrected chi connectivity index (χ2v) is 8.22. The second-order valence-electron chi connectivity index (χ2n) is 8.22. The molecule has 2 N–H and O–H groups in total. The van der Waals surface area contributed by atoms with E-state index in [0.717, 1.165) is 62.2 Å². The zero-order valence-corrected chi connectivity index (χ0v) is 18.4. The number of aryl methyl sites for hydroxylation is 3. The molecule has 0 saturated carbocycles. The van der Waals surface area contributed by atoms with Gasteiger partial charge in [0.05, 0.1) is 11.6 Å². The molecule has 0 aliphatic carbocycles. The third-order valence-electron chi connectivity index (χ3n) is 5.91. The lowest BCUT2D eigenvalue weighted by Crippen LogP contribution is -2.47. The summed E-state index contributed by atoms with van der Waals surface area (Å²) in [6, 6.07) is 8.15. The molecule has 1 aliphatic rings. The van der Waals surface area contributed by atoms with Crippen LogP contribution in [0.25, 0.3) is 22.4 Å². The first kappa shape index (κ1) is 20.4. The van der Waals surface area contributed by atoms with Crippen molar-refractivity contribution < 1.29 is 4.52 Å². The van der Waals surface area contributed by atoms with Gasteiger partial charge < -0.3 is 15.2 Å². The molecule has 1 fully saturated rings. The minimum Gasteiger partial charge on any atom is -0.383 e. The Hall–Kier alpha value is -3.53. The summed E-state index contributed by atoms with van der Waals surface area (Å²) in [5.74, 6) is 2.49. The first-order valence-corrected chi connectivity index (χ1v) is 10.9. The standard InChI is InChI=1S/C22H27N9O/c1-15-5-7-16(8-6-15)20-25-18(32-28-20)4-3-9-30-10-12-31(13-11-30)22-26-19(23)17-14-24-29(2)21(17)27-22/h5-8,14H,3-4,9-13H2,1-2H3,(H2,23,26,27). The largest absolute Gasteiger partial charge is 0.383 e. The molecule has 0 spiro atoms. The predicted molar refractivity (Wildman–Crippen MR) is 122 cm³/mol. The van der Waals surface area contributed by atoms with E-state index in [1.165, 1.54) is 5.56 Å². The summed E-state index contributed by atoms with van der Waals surface area (Å²) in [6.07, 6.45) is 3.45. The van der Waals surface area contributed by atoms with E-state index in [-0.39, 0.29) is 0 Å². The number of nitrogens with two attached hydrogens (primary N) is 1. The van der Waals surface area contributed by atoms with Crippen LogP contribution in [0.15, 0.2) is 35.0 Å². The lowest BCUT2D eigenvalue weighted by Gasteiger charge is -2.34. The number of nitrogen functional groups attached to an aromatic ring is 1. The Labute approximate surface area is 186 Å². The minimum absolute atomic E-state index is 0.477. The Morgan fingerprint density at radius 1 is 1.03 bits per heavy atom. The van der Waals surface area contributed by atoms with Gasteiger partial charge in [-0.25, -0.2) is 0 Å². The number of hydrogen-bond donors (Lipinski definition) is 1. The molecule has 10 nitrogen and oxygen atoms in total. The number of benzene rings is 1. The quantitative estimate of drug-likeness (QED) is 0.488.